The van der Waals surface area contributed by atoms with Crippen molar-refractivity contribution in [3.8, 4) is 0 Å². The molecule has 2 N–H and O–H groups in total. The fraction of sp³-hybridized carbons (Fsp3) is 0.455. The maximum atomic E-state index is 12.1. The SMILES string of the molecule is Nc1ccc(S(=O)(=O)C2CCCC2)cc1. The van der Waals surface area contributed by atoms with Gasteiger partial charge in [-0.3, -0.25) is 0 Å². The molecule has 82 valence electrons. The monoisotopic (exact) mass is 225 g/mol. The van der Waals surface area contributed by atoms with Crippen LogP contribution in [0.5, 0.6) is 0 Å². The number of hydrogen-bond donors (Lipinski definition) is 1. The predicted octanol–water partition coefficient (Wildman–Crippen LogP) is 1.99. The second kappa shape index (κ2) is 3.85. The van der Waals surface area contributed by atoms with Crippen LogP contribution in [0, 0.1) is 0 Å². The Kier molecular flexibility index (Phi) is 2.69. The smallest absolute Gasteiger partial charge is 0.181 e. The Morgan fingerprint density at radius 1 is 1.07 bits per heavy atom. The van der Waals surface area contributed by atoms with Crippen LogP contribution in [0.1, 0.15) is 25.7 Å². The maximum Gasteiger partial charge on any atom is 0.181 e. The number of sulfone groups is 1. The first-order valence-corrected chi connectivity index (χ1v) is 6.75. The van der Waals surface area contributed by atoms with Gasteiger partial charge in [-0.05, 0) is 37.1 Å². The van der Waals surface area contributed by atoms with Gasteiger partial charge in [0.15, 0.2) is 9.84 Å². The lowest BCUT2D eigenvalue weighted by Crippen LogP contribution is -2.17. The Morgan fingerprint density at radius 2 is 1.60 bits per heavy atom. The van der Waals surface area contributed by atoms with Crippen LogP contribution in [-0.2, 0) is 9.84 Å². The van der Waals surface area contributed by atoms with E-state index in [1.165, 1.54) is 0 Å². The van der Waals surface area contributed by atoms with E-state index in [4.69, 9.17) is 5.73 Å². The first kappa shape index (κ1) is 10.5. The molecule has 0 saturated heterocycles. The minimum Gasteiger partial charge on any atom is -0.399 e. The number of rotatable bonds is 2. The largest absolute Gasteiger partial charge is 0.399 e. The molecule has 0 amide bonds. The molecule has 0 bridgehead atoms. The van der Waals surface area contributed by atoms with Gasteiger partial charge in [-0.25, -0.2) is 8.42 Å². The summed E-state index contributed by atoms with van der Waals surface area (Å²) in [4.78, 5) is 0.406. The molecule has 1 aliphatic rings. The summed E-state index contributed by atoms with van der Waals surface area (Å²) in [5.74, 6) is 0. The zero-order valence-corrected chi connectivity index (χ0v) is 9.33. The van der Waals surface area contributed by atoms with Gasteiger partial charge in [0, 0.05) is 5.69 Å². The zero-order chi connectivity index (χ0) is 10.9. The van der Waals surface area contributed by atoms with Crippen molar-refractivity contribution in [2.45, 2.75) is 35.8 Å². The molecule has 1 saturated carbocycles. The lowest BCUT2D eigenvalue weighted by molar-refractivity contribution is 0.579. The normalized spacial score (nSPS) is 18.1. The highest BCUT2D eigenvalue weighted by Crippen LogP contribution is 2.29. The van der Waals surface area contributed by atoms with Crippen molar-refractivity contribution in [1.82, 2.24) is 0 Å². The van der Waals surface area contributed by atoms with E-state index in [1.54, 1.807) is 24.3 Å². The van der Waals surface area contributed by atoms with Crippen molar-refractivity contribution in [2.75, 3.05) is 5.73 Å². The van der Waals surface area contributed by atoms with Gasteiger partial charge in [-0.2, -0.15) is 0 Å². The molecule has 1 fully saturated rings. The van der Waals surface area contributed by atoms with Crippen LogP contribution in [0.3, 0.4) is 0 Å². The third kappa shape index (κ3) is 2.00. The second-order valence-corrected chi connectivity index (χ2v) is 6.25. The van der Waals surface area contributed by atoms with Crippen molar-refractivity contribution in [2.24, 2.45) is 0 Å². The number of nitrogens with two attached hydrogens (primary N) is 1. The Balaban J connectivity index is 2.32. The van der Waals surface area contributed by atoms with E-state index < -0.39 is 9.84 Å². The van der Waals surface area contributed by atoms with Crippen molar-refractivity contribution >= 4 is 15.5 Å². The summed E-state index contributed by atoms with van der Waals surface area (Å²) in [5, 5.41) is -0.180. The van der Waals surface area contributed by atoms with E-state index in [0.29, 0.717) is 10.6 Å². The Bertz CT molecular complexity index is 430. The summed E-state index contributed by atoms with van der Waals surface area (Å²) < 4.78 is 24.2. The van der Waals surface area contributed by atoms with Crippen molar-refractivity contribution in [3.05, 3.63) is 24.3 Å². The second-order valence-electron chi connectivity index (χ2n) is 4.02. The molecule has 2 rings (SSSR count). The third-order valence-electron chi connectivity index (χ3n) is 2.95. The van der Waals surface area contributed by atoms with Gasteiger partial charge in [-0.15, -0.1) is 0 Å². The highest BCUT2D eigenvalue weighted by Gasteiger charge is 2.29. The molecule has 3 nitrogen and oxygen atoms in total. The molecular weight excluding hydrogens is 210 g/mol. The van der Waals surface area contributed by atoms with Gasteiger partial charge in [0.1, 0.15) is 0 Å². The summed E-state index contributed by atoms with van der Waals surface area (Å²) in [6.07, 6.45) is 3.65. The van der Waals surface area contributed by atoms with E-state index in [0.717, 1.165) is 25.7 Å². The lowest BCUT2D eigenvalue weighted by Gasteiger charge is -2.10. The number of anilines is 1. The van der Waals surface area contributed by atoms with E-state index in [-0.39, 0.29) is 5.25 Å². The van der Waals surface area contributed by atoms with Crippen LogP contribution in [0.2, 0.25) is 0 Å². The quantitative estimate of drug-likeness (QED) is 0.783. The highest BCUT2D eigenvalue weighted by atomic mass is 32.2. The zero-order valence-electron chi connectivity index (χ0n) is 8.52. The van der Waals surface area contributed by atoms with Crippen LogP contribution in [0.15, 0.2) is 29.2 Å². The van der Waals surface area contributed by atoms with Crippen molar-refractivity contribution in [3.63, 3.8) is 0 Å². The van der Waals surface area contributed by atoms with E-state index >= 15 is 0 Å². The Hall–Kier alpha value is -1.03. The molecule has 1 aromatic rings. The minimum absolute atomic E-state index is 0.180. The standard InChI is InChI=1S/C11H15NO2S/c12-9-5-7-11(8-6-9)15(13,14)10-3-1-2-4-10/h5-8,10H,1-4,12H2. The fourth-order valence-corrected chi connectivity index (χ4v) is 3.90. The predicted molar refractivity (Wildman–Crippen MR) is 60.3 cm³/mol. The van der Waals surface area contributed by atoms with Gasteiger partial charge in [0.2, 0.25) is 0 Å². The summed E-state index contributed by atoms with van der Waals surface area (Å²) in [7, 11) is -3.11. The fourth-order valence-electron chi connectivity index (χ4n) is 2.05. The first-order chi connectivity index (χ1) is 7.10. The van der Waals surface area contributed by atoms with Crippen LogP contribution in [-0.4, -0.2) is 13.7 Å². The van der Waals surface area contributed by atoms with Crippen LogP contribution >= 0.6 is 0 Å². The summed E-state index contributed by atoms with van der Waals surface area (Å²) in [6.45, 7) is 0. The molecule has 1 aliphatic carbocycles. The average molecular weight is 225 g/mol. The van der Waals surface area contributed by atoms with Crippen molar-refractivity contribution in [1.29, 1.82) is 0 Å². The lowest BCUT2D eigenvalue weighted by atomic mass is 10.3. The Morgan fingerprint density at radius 3 is 2.13 bits per heavy atom. The topological polar surface area (TPSA) is 60.2 Å². The molecule has 0 unspecified atom stereocenters. The summed E-state index contributed by atoms with van der Waals surface area (Å²) in [6, 6.07) is 6.48. The molecule has 0 aromatic heterocycles. The highest BCUT2D eigenvalue weighted by molar-refractivity contribution is 7.92. The van der Waals surface area contributed by atoms with Crippen LogP contribution in [0.4, 0.5) is 5.69 Å². The first-order valence-electron chi connectivity index (χ1n) is 5.20. The number of nitrogen functional groups attached to an aromatic ring is 1. The molecule has 0 radical (unpaired) electrons. The van der Waals surface area contributed by atoms with E-state index in [2.05, 4.69) is 0 Å². The van der Waals surface area contributed by atoms with E-state index in [1.807, 2.05) is 0 Å². The third-order valence-corrected chi connectivity index (χ3v) is 5.23. The van der Waals surface area contributed by atoms with E-state index in [9.17, 15) is 8.42 Å². The van der Waals surface area contributed by atoms with Gasteiger partial charge >= 0.3 is 0 Å². The molecule has 0 atom stereocenters. The van der Waals surface area contributed by atoms with Gasteiger partial charge in [0.25, 0.3) is 0 Å². The Labute approximate surface area is 90.2 Å². The molecule has 1 aromatic carbocycles. The van der Waals surface area contributed by atoms with Crippen molar-refractivity contribution < 1.29 is 8.42 Å². The molecule has 0 aliphatic heterocycles. The molecule has 0 spiro atoms. The maximum absolute atomic E-state index is 12.1. The molecule has 15 heavy (non-hydrogen) atoms. The number of hydrogen-bond acceptors (Lipinski definition) is 3. The number of benzene rings is 1. The molecule has 0 heterocycles. The minimum atomic E-state index is -3.11. The van der Waals surface area contributed by atoms with Gasteiger partial charge in [-0.1, -0.05) is 12.8 Å². The van der Waals surface area contributed by atoms with Gasteiger partial charge in [0.05, 0.1) is 10.1 Å². The van der Waals surface area contributed by atoms with Gasteiger partial charge < -0.3 is 5.73 Å². The average Bonchev–Trinajstić information content (AvgIpc) is 2.71. The summed E-state index contributed by atoms with van der Waals surface area (Å²) in [5.41, 5.74) is 6.13. The van der Waals surface area contributed by atoms with Crippen LogP contribution < -0.4 is 5.73 Å². The van der Waals surface area contributed by atoms with Crippen LogP contribution in [0.25, 0.3) is 0 Å². The molecular formula is C11H15NO2S. The summed E-state index contributed by atoms with van der Waals surface area (Å²) >= 11 is 0. The molecule has 4 heteroatoms.